The Morgan fingerprint density at radius 3 is 2.62 bits per heavy atom. The highest BCUT2D eigenvalue weighted by atomic mass is 16.3. The summed E-state index contributed by atoms with van der Waals surface area (Å²) in [5.74, 6) is -0.151. The van der Waals surface area contributed by atoms with Crippen molar-refractivity contribution in [2.75, 3.05) is 6.61 Å². The molecule has 0 aromatic heterocycles. The standard InChI is InChI=1S/C10H13NO2/c1-8(7-12)11-10(13)9-5-3-2-4-6-9/h2-6,8,12H,7H2,1H3,(H,11,13)/t8-/m1/s1. The van der Waals surface area contributed by atoms with Crippen LogP contribution in [0.5, 0.6) is 0 Å². The number of aliphatic hydroxyl groups excluding tert-OH is 1. The van der Waals surface area contributed by atoms with Crippen molar-refractivity contribution in [1.82, 2.24) is 5.32 Å². The molecule has 0 fully saturated rings. The third kappa shape index (κ3) is 2.87. The molecule has 1 rings (SSSR count). The summed E-state index contributed by atoms with van der Waals surface area (Å²) in [5, 5.41) is 11.4. The van der Waals surface area contributed by atoms with Gasteiger partial charge >= 0.3 is 0 Å². The van der Waals surface area contributed by atoms with E-state index in [4.69, 9.17) is 5.11 Å². The van der Waals surface area contributed by atoms with Crippen LogP contribution in [-0.2, 0) is 0 Å². The van der Waals surface area contributed by atoms with Gasteiger partial charge in [-0.25, -0.2) is 0 Å². The fourth-order valence-electron chi connectivity index (χ4n) is 0.942. The molecule has 0 saturated carbocycles. The van der Waals surface area contributed by atoms with Crippen LogP contribution in [0.2, 0.25) is 0 Å². The quantitative estimate of drug-likeness (QED) is 0.721. The van der Waals surface area contributed by atoms with Crippen LogP contribution in [0.4, 0.5) is 0 Å². The van der Waals surface area contributed by atoms with Gasteiger partial charge in [-0.3, -0.25) is 4.79 Å². The number of amides is 1. The number of carbonyl (C=O) groups excluding carboxylic acids is 1. The lowest BCUT2D eigenvalue weighted by atomic mass is 10.2. The molecule has 3 heteroatoms. The van der Waals surface area contributed by atoms with Crippen LogP contribution >= 0.6 is 0 Å². The minimum Gasteiger partial charge on any atom is -0.394 e. The van der Waals surface area contributed by atoms with Crippen LogP contribution < -0.4 is 5.32 Å². The first kappa shape index (κ1) is 9.74. The smallest absolute Gasteiger partial charge is 0.251 e. The third-order valence-corrected chi connectivity index (χ3v) is 1.69. The predicted molar refractivity (Wildman–Crippen MR) is 50.5 cm³/mol. The Morgan fingerprint density at radius 1 is 1.46 bits per heavy atom. The number of hydrogen-bond acceptors (Lipinski definition) is 2. The Labute approximate surface area is 77.4 Å². The lowest BCUT2D eigenvalue weighted by Gasteiger charge is -2.10. The van der Waals surface area contributed by atoms with Crippen LogP contribution in [0.1, 0.15) is 17.3 Å². The SMILES string of the molecule is C[C@H](CO)NC(=O)c1ccccc1. The van der Waals surface area contributed by atoms with Gasteiger partial charge in [0.1, 0.15) is 0 Å². The second-order valence-corrected chi connectivity index (χ2v) is 2.92. The van der Waals surface area contributed by atoms with Crippen molar-refractivity contribution in [2.24, 2.45) is 0 Å². The van der Waals surface area contributed by atoms with E-state index in [-0.39, 0.29) is 18.6 Å². The van der Waals surface area contributed by atoms with E-state index < -0.39 is 0 Å². The molecule has 2 N–H and O–H groups in total. The van der Waals surface area contributed by atoms with E-state index in [0.717, 1.165) is 0 Å². The maximum absolute atomic E-state index is 11.4. The second-order valence-electron chi connectivity index (χ2n) is 2.92. The van der Waals surface area contributed by atoms with Gasteiger partial charge in [-0.1, -0.05) is 18.2 Å². The van der Waals surface area contributed by atoms with E-state index in [2.05, 4.69) is 5.32 Å². The molecule has 0 spiro atoms. The Kier molecular flexibility index (Phi) is 3.46. The average molecular weight is 179 g/mol. The number of benzene rings is 1. The maximum atomic E-state index is 11.4. The van der Waals surface area contributed by atoms with Gasteiger partial charge in [0, 0.05) is 11.6 Å². The second kappa shape index (κ2) is 4.62. The Bertz CT molecular complexity index is 272. The fraction of sp³-hybridized carbons (Fsp3) is 0.300. The van der Waals surface area contributed by atoms with Crippen molar-refractivity contribution in [2.45, 2.75) is 13.0 Å². The summed E-state index contributed by atoms with van der Waals surface area (Å²) >= 11 is 0. The van der Waals surface area contributed by atoms with Crippen molar-refractivity contribution in [1.29, 1.82) is 0 Å². The molecule has 0 bridgehead atoms. The molecule has 0 aliphatic carbocycles. The molecule has 1 amide bonds. The summed E-state index contributed by atoms with van der Waals surface area (Å²) in [6.07, 6.45) is 0. The topological polar surface area (TPSA) is 49.3 Å². The van der Waals surface area contributed by atoms with E-state index in [9.17, 15) is 4.79 Å². The van der Waals surface area contributed by atoms with E-state index >= 15 is 0 Å². The van der Waals surface area contributed by atoms with Crippen molar-refractivity contribution >= 4 is 5.91 Å². The summed E-state index contributed by atoms with van der Waals surface area (Å²) in [7, 11) is 0. The van der Waals surface area contributed by atoms with Crippen LogP contribution in [0.25, 0.3) is 0 Å². The van der Waals surface area contributed by atoms with Gasteiger partial charge in [0.2, 0.25) is 0 Å². The molecule has 0 aliphatic heterocycles. The molecule has 3 nitrogen and oxygen atoms in total. The highest BCUT2D eigenvalue weighted by molar-refractivity contribution is 5.94. The number of aliphatic hydroxyl groups is 1. The van der Waals surface area contributed by atoms with Gasteiger partial charge in [0.25, 0.3) is 5.91 Å². The van der Waals surface area contributed by atoms with Crippen LogP contribution in [0.15, 0.2) is 30.3 Å². The summed E-state index contributed by atoms with van der Waals surface area (Å²) < 4.78 is 0. The van der Waals surface area contributed by atoms with Crippen LogP contribution in [0, 0.1) is 0 Å². The zero-order valence-electron chi connectivity index (χ0n) is 7.53. The monoisotopic (exact) mass is 179 g/mol. The molecule has 0 heterocycles. The van der Waals surface area contributed by atoms with Gasteiger partial charge in [-0.2, -0.15) is 0 Å². The first-order valence-electron chi connectivity index (χ1n) is 4.21. The molecule has 13 heavy (non-hydrogen) atoms. The van der Waals surface area contributed by atoms with Crippen molar-refractivity contribution in [3.05, 3.63) is 35.9 Å². The summed E-state index contributed by atoms with van der Waals surface area (Å²) in [6.45, 7) is 1.71. The van der Waals surface area contributed by atoms with Gasteiger partial charge < -0.3 is 10.4 Å². The molecule has 0 radical (unpaired) electrons. The van der Waals surface area contributed by atoms with Gasteiger partial charge in [-0.15, -0.1) is 0 Å². The minimum absolute atomic E-state index is 0.0431. The predicted octanol–water partition coefficient (Wildman–Crippen LogP) is 0.797. The van der Waals surface area contributed by atoms with E-state index in [1.807, 2.05) is 6.07 Å². The first-order valence-corrected chi connectivity index (χ1v) is 4.21. The Morgan fingerprint density at radius 2 is 2.08 bits per heavy atom. The van der Waals surface area contributed by atoms with E-state index in [1.54, 1.807) is 31.2 Å². The zero-order valence-corrected chi connectivity index (χ0v) is 7.53. The lowest BCUT2D eigenvalue weighted by molar-refractivity contribution is 0.0922. The van der Waals surface area contributed by atoms with Crippen LogP contribution in [-0.4, -0.2) is 23.7 Å². The van der Waals surface area contributed by atoms with E-state index in [0.29, 0.717) is 5.56 Å². The lowest BCUT2D eigenvalue weighted by Crippen LogP contribution is -2.34. The Balaban J connectivity index is 2.59. The zero-order chi connectivity index (χ0) is 9.68. The number of rotatable bonds is 3. The number of hydrogen-bond donors (Lipinski definition) is 2. The number of nitrogens with one attached hydrogen (secondary N) is 1. The molecular formula is C10H13NO2. The van der Waals surface area contributed by atoms with Crippen LogP contribution in [0.3, 0.4) is 0 Å². The highest BCUT2D eigenvalue weighted by Crippen LogP contribution is 1.98. The van der Waals surface area contributed by atoms with Gasteiger partial charge in [0.05, 0.1) is 6.61 Å². The molecule has 70 valence electrons. The van der Waals surface area contributed by atoms with Crippen molar-refractivity contribution < 1.29 is 9.90 Å². The van der Waals surface area contributed by atoms with E-state index in [1.165, 1.54) is 0 Å². The average Bonchev–Trinajstić information content (AvgIpc) is 2.19. The number of carbonyl (C=O) groups is 1. The third-order valence-electron chi connectivity index (χ3n) is 1.69. The molecule has 1 atom stereocenters. The minimum atomic E-state index is -0.201. The summed E-state index contributed by atoms with van der Waals surface area (Å²) in [5.41, 5.74) is 0.614. The summed E-state index contributed by atoms with van der Waals surface area (Å²) in [6, 6.07) is 8.73. The molecular weight excluding hydrogens is 166 g/mol. The first-order chi connectivity index (χ1) is 6.24. The molecule has 0 saturated heterocycles. The van der Waals surface area contributed by atoms with Gasteiger partial charge in [0.15, 0.2) is 0 Å². The van der Waals surface area contributed by atoms with Crippen molar-refractivity contribution in [3.8, 4) is 0 Å². The normalized spacial score (nSPS) is 12.2. The fourth-order valence-corrected chi connectivity index (χ4v) is 0.942. The molecule has 0 unspecified atom stereocenters. The Hall–Kier alpha value is -1.35. The largest absolute Gasteiger partial charge is 0.394 e. The summed E-state index contributed by atoms with van der Waals surface area (Å²) in [4.78, 5) is 11.4. The maximum Gasteiger partial charge on any atom is 0.251 e. The van der Waals surface area contributed by atoms with Crippen molar-refractivity contribution in [3.63, 3.8) is 0 Å². The molecule has 1 aromatic carbocycles. The molecule has 1 aromatic rings. The molecule has 0 aliphatic rings. The van der Waals surface area contributed by atoms with Gasteiger partial charge in [-0.05, 0) is 19.1 Å². The highest BCUT2D eigenvalue weighted by Gasteiger charge is 2.07.